The predicted octanol–water partition coefficient (Wildman–Crippen LogP) is 2.83. The van der Waals surface area contributed by atoms with Gasteiger partial charge in [0, 0.05) is 56.1 Å². The number of nitrogens with zero attached hydrogens (tertiary/aromatic N) is 5. The fourth-order valence-electron chi connectivity index (χ4n) is 3.62. The first-order chi connectivity index (χ1) is 16.0. The molecule has 0 aliphatic carbocycles. The average Bonchev–Trinajstić information content (AvgIpc) is 2.81. The van der Waals surface area contributed by atoms with Gasteiger partial charge < -0.3 is 15.5 Å². The molecule has 1 aliphatic rings. The van der Waals surface area contributed by atoms with Crippen LogP contribution in [0.2, 0.25) is 0 Å². The first-order valence-corrected chi connectivity index (χ1v) is 10.9. The first-order valence-electron chi connectivity index (χ1n) is 10.9. The number of guanidine groups is 1. The molecule has 1 amide bonds. The molecule has 0 saturated carbocycles. The molecule has 0 bridgehead atoms. The zero-order chi connectivity index (χ0) is 23.5. The number of carbonyl (C=O) groups is 1. The summed E-state index contributed by atoms with van der Waals surface area (Å²) in [5.41, 5.74) is 0.845. The van der Waals surface area contributed by atoms with Gasteiger partial charge in [0.05, 0.1) is 0 Å². The van der Waals surface area contributed by atoms with Crippen LogP contribution in [0, 0.1) is 23.4 Å². The minimum absolute atomic E-state index is 0.0852. The highest BCUT2D eigenvalue weighted by molar-refractivity contribution is 5.94. The van der Waals surface area contributed by atoms with E-state index in [4.69, 9.17) is 5.26 Å². The molecular formula is C23H27F2N7O. The van der Waals surface area contributed by atoms with Gasteiger partial charge in [0.2, 0.25) is 24.0 Å². The average molecular weight is 456 g/mol. The van der Waals surface area contributed by atoms with Crippen LogP contribution in [0.15, 0.2) is 47.5 Å². The number of anilines is 1. The number of rotatable bonds is 8. The highest BCUT2D eigenvalue weighted by Crippen LogP contribution is 2.11. The zero-order valence-electron chi connectivity index (χ0n) is 18.3. The van der Waals surface area contributed by atoms with Crippen LogP contribution in [0.25, 0.3) is 0 Å². The topological polar surface area (TPSA) is 96.7 Å². The molecule has 1 saturated heterocycles. The van der Waals surface area contributed by atoms with E-state index in [1.54, 1.807) is 6.19 Å². The number of piperazine rings is 1. The molecule has 2 N–H and O–H groups in total. The van der Waals surface area contributed by atoms with Crippen LogP contribution in [-0.4, -0.2) is 65.9 Å². The zero-order valence-corrected chi connectivity index (χ0v) is 18.3. The molecule has 1 aliphatic heterocycles. The Hall–Kier alpha value is -3.58. The van der Waals surface area contributed by atoms with Gasteiger partial charge in [-0.25, -0.2) is 0 Å². The molecule has 3 rings (SSSR count). The number of benzene rings is 1. The lowest BCUT2D eigenvalue weighted by atomic mass is 10.1. The van der Waals surface area contributed by atoms with Crippen molar-refractivity contribution in [2.45, 2.75) is 19.3 Å². The number of hydrogen-bond donors (Lipinski definition) is 2. The number of hydrogen-bond acceptors (Lipinski definition) is 5. The molecule has 1 fully saturated rings. The van der Waals surface area contributed by atoms with E-state index in [1.807, 2.05) is 35.2 Å². The van der Waals surface area contributed by atoms with Gasteiger partial charge in [0.25, 0.3) is 5.91 Å². The molecule has 2 heterocycles. The van der Waals surface area contributed by atoms with Gasteiger partial charge in [0.1, 0.15) is 0 Å². The molecule has 1 aromatic heterocycles. The molecule has 0 radical (unpaired) electrons. The summed E-state index contributed by atoms with van der Waals surface area (Å²) in [6.07, 6.45) is 4.48. The summed E-state index contributed by atoms with van der Waals surface area (Å²) in [4.78, 5) is 23.4. The lowest BCUT2D eigenvalue weighted by Gasteiger charge is -2.34. The molecule has 0 atom stereocenters. The summed E-state index contributed by atoms with van der Waals surface area (Å²) in [6.45, 7) is 4.69. The molecule has 33 heavy (non-hydrogen) atoms. The predicted molar refractivity (Wildman–Crippen MR) is 121 cm³/mol. The van der Waals surface area contributed by atoms with E-state index < -0.39 is 11.9 Å². The van der Waals surface area contributed by atoms with Crippen LogP contribution in [0.3, 0.4) is 0 Å². The van der Waals surface area contributed by atoms with E-state index in [-0.39, 0.29) is 17.6 Å². The van der Waals surface area contributed by atoms with E-state index in [9.17, 15) is 13.6 Å². The molecule has 174 valence electrons. The van der Waals surface area contributed by atoms with Crippen molar-refractivity contribution >= 4 is 17.6 Å². The minimum atomic E-state index is -0.959. The smallest absolute Gasteiger partial charge is 0.253 e. The Balaban J connectivity index is 1.31. The van der Waals surface area contributed by atoms with Crippen LogP contribution in [0.1, 0.15) is 29.6 Å². The molecule has 0 spiro atoms. The SMILES string of the molecule is N#C/N=C(/NCCCCCN1CCN(C(=O)c2ccccc2)CC1)Nc1cc(F)nc(F)c1. The van der Waals surface area contributed by atoms with Gasteiger partial charge in [-0.05, 0) is 31.5 Å². The summed E-state index contributed by atoms with van der Waals surface area (Å²) in [6, 6.07) is 11.4. The summed E-state index contributed by atoms with van der Waals surface area (Å²) in [5.74, 6) is -1.71. The Morgan fingerprint density at radius 1 is 1.06 bits per heavy atom. The summed E-state index contributed by atoms with van der Waals surface area (Å²) in [7, 11) is 0. The standard InChI is InChI=1S/C23H27F2N7O/c24-20-15-19(16-21(25)30-20)29-23(28-17-26)27-9-5-2-6-10-31-11-13-32(14-12-31)22(33)18-7-3-1-4-8-18/h1,3-4,7-8,15-16H,2,5-6,9-14H2,(H2,27,28,29,30). The second-order valence-corrected chi connectivity index (χ2v) is 7.67. The first kappa shape index (κ1) is 24.1. The normalized spacial score (nSPS) is 14.6. The fraction of sp³-hybridized carbons (Fsp3) is 0.391. The van der Waals surface area contributed by atoms with Crippen molar-refractivity contribution in [3.8, 4) is 6.19 Å². The van der Waals surface area contributed by atoms with Gasteiger partial charge in [-0.15, -0.1) is 4.99 Å². The number of pyridine rings is 1. The minimum Gasteiger partial charge on any atom is -0.355 e. The number of nitriles is 1. The number of aromatic nitrogens is 1. The van der Waals surface area contributed by atoms with Crippen LogP contribution in [0.5, 0.6) is 0 Å². The van der Waals surface area contributed by atoms with Crippen LogP contribution < -0.4 is 10.6 Å². The van der Waals surface area contributed by atoms with Crippen molar-refractivity contribution < 1.29 is 13.6 Å². The lowest BCUT2D eigenvalue weighted by molar-refractivity contribution is 0.0635. The van der Waals surface area contributed by atoms with E-state index in [0.29, 0.717) is 6.54 Å². The van der Waals surface area contributed by atoms with Gasteiger partial charge in [-0.2, -0.15) is 19.0 Å². The van der Waals surface area contributed by atoms with E-state index in [1.165, 1.54) is 0 Å². The Kier molecular flexibility index (Phi) is 9.08. The van der Waals surface area contributed by atoms with Crippen molar-refractivity contribution in [3.05, 3.63) is 59.9 Å². The van der Waals surface area contributed by atoms with Crippen molar-refractivity contribution in [3.63, 3.8) is 0 Å². The Labute approximate surface area is 191 Å². The van der Waals surface area contributed by atoms with Gasteiger partial charge in [0.15, 0.2) is 0 Å². The molecule has 10 heteroatoms. The number of carbonyl (C=O) groups excluding carboxylic acids is 1. The monoisotopic (exact) mass is 455 g/mol. The highest BCUT2D eigenvalue weighted by atomic mass is 19.1. The van der Waals surface area contributed by atoms with Crippen LogP contribution in [-0.2, 0) is 0 Å². The maximum absolute atomic E-state index is 13.2. The number of halogens is 2. The maximum atomic E-state index is 13.2. The Bertz CT molecular complexity index is 966. The Morgan fingerprint density at radius 2 is 1.76 bits per heavy atom. The fourth-order valence-corrected chi connectivity index (χ4v) is 3.62. The number of aliphatic imine (C=N–C) groups is 1. The van der Waals surface area contributed by atoms with E-state index >= 15 is 0 Å². The molecule has 0 unspecified atom stereocenters. The largest absolute Gasteiger partial charge is 0.355 e. The Morgan fingerprint density at radius 3 is 2.42 bits per heavy atom. The molecule has 1 aromatic carbocycles. The van der Waals surface area contributed by atoms with E-state index in [2.05, 4.69) is 25.5 Å². The quantitative estimate of drug-likeness (QED) is 0.209. The maximum Gasteiger partial charge on any atom is 0.253 e. The van der Waals surface area contributed by atoms with Crippen molar-refractivity contribution in [2.24, 2.45) is 4.99 Å². The number of amides is 1. The third kappa shape index (κ3) is 7.80. The molecule has 2 aromatic rings. The second-order valence-electron chi connectivity index (χ2n) is 7.67. The summed E-state index contributed by atoms with van der Waals surface area (Å²) < 4.78 is 26.4. The van der Waals surface area contributed by atoms with Crippen LogP contribution in [0.4, 0.5) is 14.5 Å². The second kappa shape index (κ2) is 12.5. The summed E-state index contributed by atoms with van der Waals surface area (Å²) in [5, 5.41) is 14.5. The van der Waals surface area contributed by atoms with Gasteiger partial charge in [-0.3, -0.25) is 9.69 Å². The number of nitrogens with one attached hydrogen (secondary N) is 2. The third-order valence-electron chi connectivity index (χ3n) is 5.31. The van der Waals surface area contributed by atoms with Crippen LogP contribution >= 0.6 is 0 Å². The molecule has 8 nitrogen and oxygen atoms in total. The van der Waals surface area contributed by atoms with Gasteiger partial charge >= 0.3 is 0 Å². The van der Waals surface area contributed by atoms with Gasteiger partial charge in [-0.1, -0.05) is 24.6 Å². The summed E-state index contributed by atoms with van der Waals surface area (Å²) >= 11 is 0. The van der Waals surface area contributed by atoms with Crippen molar-refractivity contribution in [1.82, 2.24) is 20.1 Å². The lowest BCUT2D eigenvalue weighted by Crippen LogP contribution is -2.48. The third-order valence-corrected chi connectivity index (χ3v) is 5.31. The number of unbranched alkanes of at least 4 members (excludes halogenated alkanes) is 2. The highest BCUT2D eigenvalue weighted by Gasteiger charge is 2.21. The van der Waals surface area contributed by atoms with Crippen molar-refractivity contribution in [1.29, 1.82) is 5.26 Å². The van der Waals surface area contributed by atoms with Crippen molar-refractivity contribution in [2.75, 3.05) is 44.6 Å². The van der Waals surface area contributed by atoms with E-state index in [0.717, 1.165) is 69.7 Å². The molecular weight excluding hydrogens is 428 g/mol.